The van der Waals surface area contributed by atoms with E-state index in [9.17, 15) is 17.6 Å². The lowest BCUT2D eigenvalue weighted by molar-refractivity contribution is -0.115. The molecule has 1 heterocycles. The molecule has 23 heavy (non-hydrogen) atoms. The fourth-order valence-electron chi connectivity index (χ4n) is 2.09. The Kier molecular flexibility index (Phi) is 5.15. The maximum absolute atomic E-state index is 14.1. The predicted molar refractivity (Wildman–Crippen MR) is 85.7 cm³/mol. The van der Waals surface area contributed by atoms with Crippen LogP contribution in [0.3, 0.4) is 0 Å². The first kappa shape index (κ1) is 17.1. The van der Waals surface area contributed by atoms with Gasteiger partial charge in [-0.15, -0.1) is 0 Å². The van der Waals surface area contributed by atoms with Gasteiger partial charge in [0.25, 0.3) is 0 Å². The number of hydrogen-bond acceptors (Lipinski definition) is 4. The number of amides is 1. The van der Waals surface area contributed by atoms with Crippen molar-refractivity contribution in [3.05, 3.63) is 42.5 Å². The lowest BCUT2D eigenvalue weighted by atomic mass is 10.2. The minimum atomic E-state index is -3.57. The van der Waals surface area contributed by atoms with E-state index in [1.807, 2.05) is 0 Å². The molecule has 0 bridgehead atoms. The zero-order valence-electron chi connectivity index (χ0n) is 12.9. The number of anilines is 1. The highest BCUT2D eigenvalue weighted by molar-refractivity contribution is 7.92. The fourth-order valence-corrected chi connectivity index (χ4v) is 3.40. The van der Waals surface area contributed by atoms with Crippen molar-refractivity contribution >= 4 is 21.4 Å². The molecule has 1 aromatic heterocycles. The number of para-hydroxylation sites is 1. The first-order valence-corrected chi connectivity index (χ1v) is 8.89. The molecule has 0 fully saturated rings. The molecule has 0 radical (unpaired) electrons. The number of sulfone groups is 1. The summed E-state index contributed by atoms with van der Waals surface area (Å²) < 4.78 is 39.5. The average molecular weight is 339 g/mol. The van der Waals surface area contributed by atoms with Crippen LogP contribution in [0.4, 0.5) is 10.1 Å². The van der Waals surface area contributed by atoms with Crippen LogP contribution in [0, 0.1) is 5.82 Å². The van der Waals surface area contributed by atoms with E-state index in [1.54, 1.807) is 25.3 Å². The zero-order chi connectivity index (χ0) is 17.0. The Morgan fingerprint density at radius 1 is 1.39 bits per heavy atom. The number of nitrogens with zero attached hydrogens (tertiary/aromatic N) is 2. The monoisotopic (exact) mass is 339 g/mol. The third kappa shape index (κ3) is 3.76. The first-order valence-electron chi connectivity index (χ1n) is 7.17. The fraction of sp³-hybridized carbons (Fsp3) is 0.333. The summed E-state index contributed by atoms with van der Waals surface area (Å²) in [6.45, 7) is 3.02. The molecule has 0 spiro atoms. The van der Waals surface area contributed by atoms with Crippen molar-refractivity contribution in [3.8, 4) is 5.69 Å². The summed E-state index contributed by atoms with van der Waals surface area (Å²) in [5, 5.41) is 5.12. The van der Waals surface area contributed by atoms with Crippen LogP contribution >= 0.6 is 0 Å². The molecule has 1 atom stereocenters. The number of carbonyl (C=O) groups is 1. The molecule has 0 saturated carbocycles. The van der Waals surface area contributed by atoms with E-state index < -0.39 is 26.8 Å². The minimum absolute atomic E-state index is 0.0924. The summed E-state index contributed by atoms with van der Waals surface area (Å²) in [5.41, 5.74) is 0.225. The van der Waals surface area contributed by atoms with Gasteiger partial charge in [-0.3, -0.25) is 4.79 Å². The van der Waals surface area contributed by atoms with E-state index in [-0.39, 0.29) is 11.4 Å². The van der Waals surface area contributed by atoms with Crippen molar-refractivity contribution in [1.82, 2.24) is 9.78 Å². The van der Waals surface area contributed by atoms with Gasteiger partial charge in [-0.1, -0.05) is 13.0 Å². The lowest BCUT2D eigenvalue weighted by Gasteiger charge is -2.16. The van der Waals surface area contributed by atoms with Crippen LogP contribution in [0.1, 0.15) is 20.3 Å². The van der Waals surface area contributed by atoms with Gasteiger partial charge in [0.05, 0.1) is 11.4 Å². The largest absolute Gasteiger partial charge is 0.321 e. The van der Waals surface area contributed by atoms with Crippen LogP contribution in [0.5, 0.6) is 0 Å². The average Bonchev–Trinajstić information content (AvgIpc) is 3.02. The van der Waals surface area contributed by atoms with Crippen LogP contribution in [0.2, 0.25) is 0 Å². The Balaban J connectivity index is 2.32. The highest BCUT2D eigenvalue weighted by atomic mass is 32.2. The standard InChI is InChI=1S/C15H18FN3O3S/c1-3-10-23(21,22)11(2)15(20)18-14-12(16)6-4-7-13(14)19-9-5-8-17-19/h4-9,11H,3,10H2,1-2H3,(H,18,20)/t11-/m0/s1. The number of halogens is 1. The summed E-state index contributed by atoms with van der Waals surface area (Å²) in [4.78, 5) is 12.2. The maximum atomic E-state index is 14.1. The first-order chi connectivity index (χ1) is 10.9. The van der Waals surface area contributed by atoms with Gasteiger partial charge in [0, 0.05) is 12.4 Å². The molecule has 0 aliphatic rings. The smallest absolute Gasteiger partial charge is 0.242 e. The van der Waals surface area contributed by atoms with E-state index in [1.165, 1.54) is 29.9 Å². The molecule has 1 aromatic carbocycles. The van der Waals surface area contributed by atoms with Crippen LogP contribution in [0.25, 0.3) is 5.69 Å². The van der Waals surface area contributed by atoms with Crippen molar-refractivity contribution in [3.63, 3.8) is 0 Å². The van der Waals surface area contributed by atoms with Crippen LogP contribution < -0.4 is 5.32 Å². The highest BCUT2D eigenvalue weighted by Crippen LogP contribution is 2.24. The number of rotatable bonds is 6. The summed E-state index contributed by atoms with van der Waals surface area (Å²) in [6.07, 6.45) is 3.53. The highest BCUT2D eigenvalue weighted by Gasteiger charge is 2.28. The van der Waals surface area contributed by atoms with Crippen molar-refractivity contribution in [2.24, 2.45) is 0 Å². The summed E-state index contributed by atoms with van der Waals surface area (Å²) in [5.74, 6) is -1.52. The number of benzene rings is 1. The number of nitrogens with one attached hydrogen (secondary N) is 1. The molecular weight excluding hydrogens is 321 g/mol. The zero-order valence-corrected chi connectivity index (χ0v) is 13.7. The SMILES string of the molecule is CCCS(=O)(=O)[C@@H](C)C(=O)Nc1c(F)cccc1-n1cccn1. The second-order valence-corrected chi connectivity index (χ2v) is 7.52. The van der Waals surface area contributed by atoms with Crippen molar-refractivity contribution in [2.45, 2.75) is 25.5 Å². The van der Waals surface area contributed by atoms with Crippen molar-refractivity contribution in [2.75, 3.05) is 11.1 Å². The van der Waals surface area contributed by atoms with E-state index >= 15 is 0 Å². The van der Waals surface area contributed by atoms with Gasteiger partial charge in [-0.25, -0.2) is 17.5 Å². The van der Waals surface area contributed by atoms with Gasteiger partial charge < -0.3 is 5.32 Å². The summed E-state index contributed by atoms with van der Waals surface area (Å²) in [7, 11) is -3.57. The molecule has 2 aromatic rings. The molecule has 1 amide bonds. The minimum Gasteiger partial charge on any atom is -0.321 e. The van der Waals surface area contributed by atoms with Crippen molar-refractivity contribution in [1.29, 1.82) is 0 Å². The third-order valence-corrected chi connectivity index (χ3v) is 5.66. The maximum Gasteiger partial charge on any atom is 0.242 e. The predicted octanol–water partition coefficient (Wildman–Crippen LogP) is 2.16. The molecule has 0 aliphatic carbocycles. The van der Waals surface area contributed by atoms with Gasteiger partial charge in [-0.2, -0.15) is 5.10 Å². The molecular formula is C15H18FN3O3S. The molecule has 0 unspecified atom stereocenters. The van der Waals surface area contributed by atoms with Crippen LogP contribution in [-0.2, 0) is 14.6 Å². The van der Waals surface area contributed by atoms with Gasteiger partial charge in [0.2, 0.25) is 5.91 Å². The van der Waals surface area contributed by atoms with E-state index in [2.05, 4.69) is 10.4 Å². The normalized spacial score (nSPS) is 12.8. The van der Waals surface area contributed by atoms with E-state index in [0.29, 0.717) is 12.1 Å². The number of carbonyl (C=O) groups excluding carboxylic acids is 1. The molecule has 0 saturated heterocycles. The van der Waals surface area contributed by atoms with E-state index in [4.69, 9.17) is 0 Å². The molecule has 1 N–H and O–H groups in total. The molecule has 6 nitrogen and oxygen atoms in total. The summed E-state index contributed by atoms with van der Waals surface area (Å²) >= 11 is 0. The van der Waals surface area contributed by atoms with Gasteiger partial charge in [0.1, 0.15) is 16.8 Å². The molecule has 8 heteroatoms. The number of hydrogen-bond donors (Lipinski definition) is 1. The van der Waals surface area contributed by atoms with Gasteiger partial charge in [0.15, 0.2) is 9.84 Å². The van der Waals surface area contributed by atoms with Crippen molar-refractivity contribution < 1.29 is 17.6 Å². The number of aromatic nitrogens is 2. The molecule has 124 valence electrons. The Bertz CT molecular complexity index is 788. The van der Waals surface area contributed by atoms with Crippen LogP contribution in [-0.4, -0.2) is 35.1 Å². The summed E-state index contributed by atoms with van der Waals surface area (Å²) in [6, 6.07) is 5.91. The van der Waals surface area contributed by atoms with E-state index in [0.717, 1.165) is 0 Å². The second kappa shape index (κ2) is 6.91. The quantitative estimate of drug-likeness (QED) is 0.874. The lowest BCUT2D eigenvalue weighted by Crippen LogP contribution is -2.34. The van der Waals surface area contributed by atoms with Gasteiger partial charge in [-0.05, 0) is 31.5 Å². The third-order valence-electron chi connectivity index (χ3n) is 3.39. The Morgan fingerprint density at radius 3 is 2.74 bits per heavy atom. The topological polar surface area (TPSA) is 81.1 Å². The Labute approximate surface area is 134 Å². The molecule has 0 aliphatic heterocycles. The van der Waals surface area contributed by atoms with Crippen LogP contribution in [0.15, 0.2) is 36.7 Å². The molecule has 2 rings (SSSR count). The Hall–Kier alpha value is -2.22. The Morgan fingerprint density at radius 2 is 2.13 bits per heavy atom. The second-order valence-electron chi connectivity index (χ2n) is 5.08. The van der Waals surface area contributed by atoms with Gasteiger partial charge >= 0.3 is 0 Å².